The van der Waals surface area contributed by atoms with Crippen molar-refractivity contribution in [1.82, 2.24) is 25.3 Å². The number of aryl methyl sites for hydroxylation is 1. The zero-order chi connectivity index (χ0) is 26.9. The number of alkyl carbamates (subject to hydrolysis) is 1. The van der Waals surface area contributed by atoms with Gasteiger partial charge in [0.15, 0.2) is 0 Å². The minimum atomic E-state index is -0.864. The normalized spacial score (nSPS) is 15.8. The monoisotopic (exact) mass is 510 g/mol. The van der Waals surface area contributed by atoms with E-state index in [0.717, 1.165) is 6.26 Å². The van der Waals surface area contributed by atoms with Crippen molar-refractivity contribution in [2.45, 2.75) is 58.7 Å². The van der Waals surface area contributed by atoms with Crippen LogP contribution >= 0.6 is 0 Å². The minimum absolute atomic E-state index is 0.0710. The smallest absolute Gasteiger partial charge is 0.407 e. The van der Waals surface area contributed by atoms with Gasteiger partial charge < -0.3 is 19.9 Å². The molecular formula is C24H26N6O7. The highest BCUT2D eigenvalue weighted by Gasteiger charge is 2.31. The largest absolute Gasteiger partial charge is 0.444 e. The third-order valence-electron chi connectivity index (χ3n) is 5.57. The molecule has 1 unspecified atom stereocenters. The second-order valence-corrected chi connectivity index (χ2v) is 9.49. The molecule has 1 aromatic carbocycles. The molecular weight excluding hydrogens is 484 g/mol. The average Bonchev–Trinajstić information content (AvgIpc) is 3.27. The molecule has 3 aromatic rings. The molecule has 1 aliphatic rings. The van der Waals surface area contributed by atoms with Gasteiger partial charge in [0.2, 0.25) is 11.8 Å². The van der Waals surface area contributed by atoms with Crippen LogP contribution in [0.4, 0.5) is 10.5 Å². The van der Waals surface area contributed by atoms with Gasteiger partial charge >= 0.3 is 6.09 Å². The van der Waals surface area contributed by atoms with E-state index in [0.29, 0.717) is 0 Å². The average molecular weight is 511 g/mol. The highest BCUT2D eigenvalue weighted by molar-refractivity contribution is 6.08. The Hall–Kier alpha value is -4.55. The predicted octanol–water partition coefficient (Wildman–Crippen LogP) is 1.95. The number of rotatable bonds is 5. The lowest BCUT2D eigenvalue weighted by atomic mass is 10.1. The van der Waals surface area contributed by atoms with Crippen LogP contribution in [0.15, 0.2) is 33.8 Å². The van der Waals surface area contributed by atoms with Crippen molar-refractivity contribution < 1.29 is 28.4 Å². The number of aromatic nitrogens is 3. The molecule has 1 aliphatic heterocycles. The van der Waals surface area contributed by atoms with Crippen LogP contribution in [0, 0.1) is 6.92 Å². The van der Waals surface area contributed by atoms with Crippen molar-refractivity contribution in [2.75, 3.05) is 5.32 Å². The number of para-hydroxylation sites is 1. The Kier molecular flexibility index (Phi) is 6.79. The number of fused-ring (bicyclic) bond motifs is 1. The van der Waals surface area contributed by atoms with Crippen LogP contribution in [-0.2, 0) is 20.9 Å². The van der Waals surface area contributed by atoms with Gasteiger partial charge in [-0.05, 0) is 46.2 Å². The Morgan fingerprint density at radius 2 is 2.00 bits per heavy atom. The van der Waals surface area contributed by atoms with E-state index in [4.69, 9.17) is 9.26 Å². The van der Waals surface area contributed by atoms with Crippen LogP contribution in [0.1, 0.15) is 61.5 Å². The lowest BCUT2D eigenvalue weighted by molar-refractivity contribution is -0.135. The number of carbonyl (C=O) groups excluding carboxylic acids is 4. The number of hydrogen-bond donors (Lipinski definition) is 3. The summed E-state index contributed by atoms with van der Waals surface area (Å²) in [6, 6.07) is 3.83. The quantitative estimate of drug-likeness (QED) is 0.433. The molecule has 0 bridgehead atoms. The molecule has 13 nitrogen and oxygen atoms in total. The van der Waals surface area contributed by atoms with Crippen molar-refractivity contribution >= 4 is 40.4 Å². The molecule has 0 aliphatic carbocycles. The van der Waals surface area contributed by atoms with Crippen molar-refractivity contribution in [2.24, 2.45) is 0 Å². The highest BCUT2D eigenvalue weighted by atomic mass is 16.6. The van der Waals surface area contributed by atoms with E-state index < -0.39 is 35.1 Å². The first-order chi connectivity index (χ1) is 17.4. The van der Waals surface area contributed by atoms with Crippen LogP contribution in [0.25, 0.3) is 10.9 Å². The molecule has 3 heterocycles. The summed E-state index contributed by atoms with van der Waals surface area (Å²) in [6.45, 7) is 6.63. The van der Waals surface area contributed by atoms with Crippen LogP contribution in [0.3, 0.4) is 0 Å². The van der Waals surface area contributed by atoms with Crippen molar-refractivity contribution in [3.8, 4) is 0 Å². The van der Waals surface area contributed by atoms with Gasteiger partial charge in [-0.3, -0.25) is 29.1 Å². The molecule has 1 atom stereocenters. The summed E-state index contributed by atoms with van der Waals surface area (Å²) in [7, 11) is 0. The Labute approximate surface area is 210 Å². The summed E-state index contributed by atoms with van der Waals surface area (Å²) in [6.07, 6.45) is 0.757. The molecule has 2 aromatic heterocycles. The lowest BCUT2D eigenvalue weighted by Crippen LogP contribution is -2.45. The van der Waals surface area contributed by atoms with Crippen LogP contribution in [-0.4, -0.2) is 44.1 Å². The zero-order valence-corrected chi connectivity index (χ0v) is 20.7. The van der Waals surface area contributed by atoms with Crippen LogP contribution in [0.5, 0.6) is 0 Å². The third kappa shape index (κ3) is 5.50. The van der Waals surface area contributed by atoms with E-state index in [1.165, 1.54) is 10.6 Å². The maximum absolute atomic E-state index is 13.3. The molecule has 4 amide bonds. The van der Waals surface area contributed by atoms with E-state index >= 15 is 0 Å². The molecule has 1 saturated heterocycles. The zero-order valence-electron chi connectivity index (χ0n) is 20.7. The number of imide groups is 1. The Morgan fingerprint density at radius 3 is 2.70 bits per heavy atom. The number of carbonyl (C=O) groups is 4. The number of anilines is 1. The molecule has 1 fully saturated rings. The number of nitrogens with one attached hydrogen (secondary N) is 3. The summed E-state index contributed by atoms with van der Waals surface area (Å²) >= 11 is 0. The van der Waals surface area contributed by atoms with Gasteiger partial charge in [0.1, 0.15) is 40.5 Å². The fourth-order valence-corrected chi connectivity index (χ4v) is 3.96. The highest BCUT2D eigenvalue weighted by Crippen LogP contribution is 2.24. The lowest BCUT2D eigenvalue weighted by Gasteiger charge is -2.24. The van der Waals surface area contributed by atoms with Gasteiger partial charge in [0.25, 0.3) is 11.5 Å². The SMILES string of the molecule is Cc1nc2c(NC(=O)c3conc3CNC(=O)OC(C)(C)C)cccc2c(=O)n1C1CCC(=O)NC1=O. The number of amides is 4. The first kappa shape index (κ1) is 25.5. The Morgan fingerprint density at radius 1 is 1.24 bits per heavy atom. The molecule has 4 rings (SSSR count). The number of hydrogen-bond acceptors (Lipinski definition) is 9. The first-order valence-electron chi connectivity index (χ1n) is 11.5. The summed E-state index contributed by atoms with van der Waals surface area (Å²) in [4.78, 5) is 66.6. The number of benzene rings is 1. The van der Waals surface area contributed by atoms with E-state index in [9.17, 15) is 24.0 Å². The van der Waals surface area contributed by atoms with Gasteiger partial charge in [-0.2, -0.15) is 0 Å². The summed E-state index contributed by atoms with van der Waals surface area (Å²) < 4.78 is 11.4. The number of nitrogens with zero attached hydrogens (tertiary/aromatic N) is 3. The maximum atomic E-state index is 13.3. The summed E-state index contributed by atoms with van der Waals surface area (Å²) in [5.74, 6) is -1.29. The fraction of sp³-hybridized carbons (Fsp3) is 0.375. The van der Waals surface area contributed by atoms with Gasteiger partial charge in [0.05, 0.1) is 17.6 Å². The van der Waals surface area contributed by atoms with E-state index in [1.807, 2.05) is 0 Å². The predicted molar refractivity (Wildman–Crippen MR) is 130 cm³/mol. The molecule has 37 heavy (non-hydrogen) atoms. The first-order valence-corrected chi connectivity index (χ1v) is 11.5. The summed E-state index contributed by atoms with van der Waals surface area (Å²) in [5.41, 5.74) is -0.434. The van der Waals surface area contributed by atoms with Crippen molar-refractivity contribution in [3.05, 3.63) is 51.9 Å². The minimum Gasteiger partial charge on any atom is -0.444 e. The maximum Gasteiger partial charge on any atom is 0.407 e. The van der Waals surface area contributed by atoms with Crippen molar-refractivity contribution in [1.29, 1.82) is 0 Å². The van der Waals surface area contributed by atoms with E-state index in [1.54, 1.807) is 39.8 Å². The topological polar surface area (TPSA) is 175 Å². The molecule has 0 spiro atoms. The van der Waals surface area contributed by atoms with Gasteiger partial charge in [0, 0.05) is 6.42 Å². The molecule has 13 heteroatoms. The van der Waals surface area contributed by atoms with E-state index in [2.05, 4.69) is 26.1 Å². The molecule has 0 radical (unpaired) electrons. The van der Waals surface area contributed by atoms with Gasteiger partial charge in [-0.1, -0.05) is 11.2 Å². The second kappa shape index (κ2) is 9.84. The van der Waals surface area contributed by atoms with Gasteiger partial charge in [-0.25, -0.2) is 9.78 Å². The standard InChI is InChI=1S/C24H26N6O7/c1-12-26-19-13(22(34)30(12)17-8-9-18(31)28-21(17)33)6-5-7-15(19)27-20(32)14-11-36-29-16(14)10-25-23(35)37-24(2,3)4/h5-7,11,17H,8-10H2,1-4H3,(H,25,35)(H,27,32)(H,28,31,33). The number of piperidine rings is 1. The second-order valence-electron chi connectivity index (χ2n) is 9.49. The van der Waals surface area contributed by atoms with Crippen LogP contribution in [0.2, 0.25) is 0 Å². The molecule has 0 saturated carbocycles. The summed E-state index contributed by atoms with van der Waals surface area (Å²) in [5, 5.41) is 11.4. The third-order valence-corrected chi connectivity index (χ3v) is 5.57. The number of ether oxygens (including phenoxy) is 1. The molecule has 3 N–H and O–H groups in total. The molecule has 194 valence electrons. The van der Waals surface area contributed by atoms with Gasteiger partial charge in [-0.15, -0.1) is 0 Å². The van der Waals surface area contributed by atoms with Crippen LogP contribution < -0.4 is 21.5 Å². The Balaban J connectivity index is 1.58. The van der Waals surface area contributed by atoms with E-state index in [-0.39, 0.29) is 59.0 Å². The fourth-order valence-electron chi connectivity index (χ4n) is 3.96. The van der Waals surface area contributed by atoms with Crippen molar-refractivity contribution in [3.63, 3.8) is 0 Å². The Bertz CT molecular complexity index is 1470.